The summed E-state index contributed by atoms with van der Waals surface area (Å²) in [5.41, 5.74) is 39.7. The number of nitrogens with one attached hydrogen (secondary N) is 9. The van der Waals surface area contributed by atoms with Crippen LogP contribution in [0, 0.1) is 0 Å². The average Bonchev–Trinajstić information content (AvgIpc) is 4.09. The molecule has 1 aliphatic heterocycles. The summed E-state index contributed by atoms with van der Waals surface area (Å²) >= 11 is 0. The molecule has 1 aromatic heterocycles. The molecule has 75 heavy (non-hydrogen) atoms. The fourth-order valence-corrected chi connectivity index (χ4v) is 7.68. The zero-order valence-electron chi connectivity index (χ0n) is 43.4. The van der Waals surface area contributed by atoms with E-state index < -0.39 is 115 Å². The molecule has 0 saturated carbocycles. The van der Waals surface area contributed by atoms with E-state index >= 15 is 0 Å². The largest absolute Gasteiger partial charge is 0.389 e. The number of H-pyrrole nitrogens is 1. The van der Waals surface area contributed by atoms with Gasteiger partial charge in [0.25, 0.3) is 5.91 Å². The molecule has 8 atom stereocenters. The number of aliphatic hydroxyl groups excluding tert-OH is 1. The number of hydrogen-bond donors (Lipinski definition) is 17. The number of amides is 9. The van der Waals surface area contributed by atoms with Gasteiger partial charge in [0, 0.05) is 44.0 Å². The van der Waals surface area contributed by atoms with E-state index in [4.69, 9.17) is 40.1 Å². The van der Waals surface area contributed by atoms with Crippen LogP contribution in [-0.4, -0.2) is 179 Å². The summed E-state index contributed by atoms with van der Waals surface area (Å²) in [7, 11) is 0. The number of imidazole rings is 1. The average molecular weight is 1060 g/mol. The van der Waals surface area contributed by atoms with Gasteiger partial charge in [-0.25, -0.2) is 4.98 Å². The second kappa shape index (κ2) is 34.7. The van der Waals surface area contributed by atoms with E-state index in [-0.39, 0.29) is 82.3 Å². The molecule has 1 fully saturated rings. The molecular weight excluding hydrogens is 979 g/mol. The molecule has 0 radical (unpaired) electrons. The summed E-state index contributed by atoms with van der Waals surface area (Å²) in [6, 6.07) is -8.93. The Morgan fingerprint density at radius 1 is 0.787 bits per heavy atom. The van der Waals surface area contributed by atoms with Gasteiger partial charge in [-0.15, -0.1) is 0 Å². The number of nitrogens with zero attached hydrogens (tertiary/aromatic N) is 3. The monoisotopic (exact) mass is 1060 g/mol. The maximum atomic E-state index is 14.2. The van der Waals surface area contributed by atoms with Crippen molar-refractivity contribution in [3.05, 3.63) is 30.0 Å². The number of nitrogens with two attached hydrogens (primary N) is 7. The third kappa shape index (κ3) is 23.5. The molecular formula is C46H83N19O10. The first-order chi connectivity index (χ1) is 35.7. The first-order valence-corrected chi connectivity index (χ1v) is 25.3. The summed E-state index contributed by atoms with van der Waals surface area (Å²) in [5.74, 6) is -6.82. The number of hydrogen-bond acceptors (Lipinski definition) is 17. The van der Waals surface area contributed by atoms with Crippen LogP contribution in [0.15, 0.2) is 29.3 Å². The lowest BCUT2D eigenvalue weighted by Gasteiger charge is -2.30. The second-order valence-corrected chi connectivity index (χ2v) is 18.4. The number of guanidine groups is 1. The molecule has 1 saturated heterocycles. The van der Waals surface area contributed by atoms with Crippen LogP contribution < -0.4 is 82.7 Å². The third-order valence-corrected chi connectivity index (χ3v) is 11.7. The molecule has 9 amide bonds. The molecule has 0 aliphatic carbocycles. The van der Waals surface area contributed by atoms with Crippen molar-refractivity contribution in [2.75, 3.05) is 45.8 Å². The predicted molar refractivity (Wildman–Crippen MR) is 277 cm³/mol. The second-order valence-electron chi connectivity index (χ2n) is 18.4. The Kier molecular flexibility index (Phi) is 29.7. The minimum Gasteiger partial charge on any atom is -0.389 e. The molecule has 24 N–H and O–H groups in total. The van der Waals surface area contributed by atoms with E-state index in [1.807, 2.05) is 0 Å². The summed E-state index contributed by atoms with van der Waals surface area (Å²) in [5, 5.41) is 31.0. The molecule has 29 heteroatoms. The summed E-state index contributed by atoms with van der Waals surface area (Å²) < 4.78 is 0. The van der Waals surface area contributed by atoms with Gasteiger partial charge in [-0.2, -0.15) is 0 Å². The Bertz CT molecular complexity index is 2070. The number of aliphatic imine (C=N–C) groups is 1. The lowest BCUT2D eigenvalue weighted by molar-refractivity contribution is -0.142. The van der Waals surface area contributed by atoms with Crippen molar-refractivity contribution >= 4 is 59.1 Å². The molecule has 0 bridgehead atoms. The number of aliphatic hydroxyl groups is 1. The van der Waals surface area contributed by atoms with Crippen LogP contribution in [0.4, 0.5) is 0 Å². The molecule has 1 aromatic rings. The zero-order chi connectivity index (χ0) is 56.0. The molecule has 2 rings (SSSR count). The Balaban J connectivity index is 2.24. The molecule has 2 heterocycles. The Hall–Kier alpha value is -6.79. The van der Waals surface area contributed by atoms with E-state index in [9.17, 15) is 48.3 Å². The normalized spacial score (nSPS) is 16.2. The summed E-state index contributed by atoms with van der Waals surface area (Å²) in [6.07, 6.45) is 6.26. The van der Waals surface area contributed by atoms with Gasteiger partial charge in [0.1, 0.15) is 41.9 Å². The van der Waals surface area contributed by atoms with Crippen molar-refractivity contribution in [2.24, 2.45) is 45.1 Å². The number of carbonyl (C=O) groups excluding carboxylic acids is 9. The van der Waals surface area contributed by atoms with Crippen molar-refractivity contribution in [1.82, 2.24) is 57.4 Å². The fourth-order valence-electron chi connectivity index (χ4n) is 7.68. The van der Waals surface area contributed by atoms with Gasteiger partial charge in [0.2, 0.25) is 47.3 Å². The van der Waals surface area contributed by atoms with Crippen molar-refractivity contribution in [3.8, 4) is 0 Å². The van der Waals surface area contributed by atoms with Crippen molar-refractivity contribution in [3.63, 3.8) is 0 Å². The molecule has 422 valence electrons. The highest BCUT2D eigenvalue weighted by Crippen LogP contribution is 2.20. The zero-order valence-corrected chi connectivity index (χ0v) is 43.4. The van der Waals surface area contributed by atoms with Gasteiger partial charge in [-0.05, 0) is 105 Å². The van der Waals surface area contributed by atoms with E-state index in [0.29, 0.717) is 50.9 Å². The van der Waals surface area contributed by atoms with Crippen LogP contribution >= 0.6 is 0 Å². The van der Waals surface area contributed by atoms with E-state index in [2.05, 4.69) is 57.5 Å². The number of aromatic amines is 1. The highest BCUT2D eigenvalue weighted by Gasteiger charge is 2.40. The highest BCUT2D eigenvalue weighted by atomic mass is 16.3. The van der Waals surface area contributed by atoms with Gasteiger partial charge < -0.3 is 97.7 Å². The lowest BCUT2D eigenvalue weighted by Crippen LogP contribution is -2.60. The summed E-state index contributed by atoms with van der Waals surface area (Å²) in [6.45, 7) is 4.83. The van der Waals surface area contributed by atoms with Crippen LogP contribution in [0.25, 0.3) is 0 Å². The quantitative estimate of drug-likeness (QED) is 0.0130. The van der Waals surface area contributed by atoms with E-state index in [0.717, 1.165) is 0 Å². The SMILES string of the molecule is CC(C)NC(=O)/C(=C/CCN=C(N)N)NC(=O)[C@H](CCCCN)NC(=O)C(Cc1cnc[nH]1)NC(=O)[C@@H]1CCCN1C(=O)[C@@H](CCCN)NC(=O)CNC(=O)[C@H](C)NC(=O)[C@@H](NC(=O)C(N)CCCCN)[C@@H](O)CN. The highest BCUT2D eigenvalue weighted by molar-refractivity contribution is 6.00. The molecule has 1 aliphatic rings. The first-order valence-electron chi connectivity index (χ1n) is 25.3. The maximum Gasteiger partial charge on any atom is 0.267 e. The van der Waals surface area contributed by atoms with Crippen LogP contribution in [0.3, 0.4) is 0 Å². The Morgan fingerprint density at radius 2 is 1.45 bits per heavy atom. The molecule has 0 spiro atoms. The smallest absolute Gasteiger partial charge is 0.267 e. The number of likely N-dealkylation sites (tertiary alicyclic amines) is 1. The van der Waals surface area contributed by atoms with Gasteiger partial charge in [-0.3, -0.25) is 48.1 Å². The third-order valence-electron chi connectivity index (χ3n) is 11.7. The standard InChI is InChI=1S/C46H83N19O10/c1-26(2)58-40(70)31(14-9-19-55-46(52)53)61-41(71)30(12-5-7-17-48)62-42(72)33(21-28-23-54-25-57-28)63-43(73)34-15-10-20-65(34)45(75)32(13-8-18-49)60-36(67)24-56-38(68)27(3)59-44(74)37(35(66)22-50)64-39(69)29(51)11-4-6-16-47/h14,23,25-27,29-30,32-35,37,66H,4-13,15-22,24,47-51H2,1-3H3,(H,54,57)(H,56,68)(H,58,70)(H,59,74)(H,60,67)(H,61,71)(H,62,72)(H,63,73)(H,64,69)(H4,52,53,55)/b31-14-/t27-,29?,30-,32+,33?,34-,35-,37-/m0/s1. The van der Waals surface area contributed by atoms with Gasteiger partial charge in [0.15, 0.2) is 5.96 Å². The van der Waals surface area contributed by atoms with Gasteiger partial charge in [0.05, 0.1) is 25.0 Å². The van der Waals surface area contributed by atoms with Crippen LogP contribution in [0.5, 0.6) is 0 Å². The number of rotatable bonds is 35. The van der Waals surface area contributed by atoms with E-state index in [1.165, 1.54) is 30.4 Å². The van der Waals surface area contributed by atoms with Crippen LogP contribution in [0.1, 0.15) is 97.1 Å². The van der Waals surface area contributed by atoms with E-state index in [1.54, 1.807) is 13.8 Å². The van der Waals surface area contributed by atoms with Crippen LogP contribution in [0.2, 0.25) is 0 Å². The Labute approximate surface area is 437 Å². The van der Waals surface area contributed by atoms with Crippen molar-refractivity contribution in [1.29, 1.82) is 0 Å². The minimum atomic E-state index is -1.56. The lowest BCUT2D eigenvalue weighted by atomic mass is 10.1. The minimum absolute atomic E-state index is 0.0599. The topological polar surface area (TPSA) is 497 Å². The molecule has 2 unspecified atom stereocenters. The van der Waals surface area contributed by atoms with Crippen molar-refractivity contribution in [2.45, 2.75) is 152 Å². The van der Waals surface area contributed by atoms with Crippen LogP contribution in [-0.2, 0) is 49.6 Å². The summed E-state index contributed by atoms with van der Waals surface area (Å²) in [4.78, 5) is 134. The molecule has 29 nitrogen and oxygen atoms in total. The first kappa shape index (κ1) is 64.3. The number of carbonyl (C=O) groups is 9. The number of unbranched alkanes of at least 4 members (excludes halogenated alkanes) is 2. The number of aromatic nitrogens is 2. The van der Waals surface area contributed by atoms with Gasteiger partial charge >= 0.3 is 0 Å². The Morgan fingerprint density at radius 3 is 2.07 bits per heavy atom. The molecule has 0 aromatic carbocycles. The maximum absolute atomic E-state index is 14.2. The van der Waals surface area contributed by atoms with Gasteiger partial charge in [-0.1, -0.05) is 12.5 Å². The fraction of sp³-hybridized carbons (Fsp3) is 0.674. The van der Waals surface area contributed by atoms with Crippen molar-refractivity contribution < 1.29 is 48.3 Å². The predicted octanol–water partition coefficient (Wildman–Crippen LogP) is -6.66.